The van der Waals surface area contributed by atoms with E-state index in [-0.39, 0.29) is 0 Å². The second kappa shape index (κ2) is 5.17. The first kappa shape index (κ1) is 11.2. The lowest BCUT2D eigenvalue weighted by Crippen LogP contribution is -2.08. The first-order chi connectivity index (χ1) is 7.79. The summed E-state index contributed by atoms with van der Waals surface area (Å²) in [6.07, 6.45) is 6.21. The second-order valence-electron chi connectivity index (χ2n) is 3.97. The van der Waals surface area contributed by atoms with Gasteiger partial charge in [0.15, 0.2) is 0 Å². The maximum atomic E-state index is 8.91. The predicted octanol–water partition coefficient (Wildman–Crippen LogP) is 4.13. The quantitative estimate of drug-likeness (QED) is 0.576. The van der Waals surface area contributed by atoms with Crippen LogP contribution in [0, 0.1) is 0 Å². The molecule has 1 aliphatic carbocycles. The molecule has 0 radical (unpaired) electrons. The number of oxime groups is 1. The van der Waals surface area contributed by atoms with E-state index >= 15 is 0 Å². The van der Waals surface area contributed by atoms with E-state index in [4.69, 9.17) is 16.8 Å². The van der Waals surface area contributed by atoms with Crippen LogP contribution in [0.15, 0.2) is 35.0 Å². The number of nitrogens with zero attached hydrogens (tertiary/aromatic N) is 1. The third kappa shape index (κ3) is 2.64. The van der Waals surface area contributed by atoms with Crippen LogP contribution in [0.25, 0.3) is 6.08 Å². The van der Waals surface area contributed by atoms with Gasteiger partial charge < -0.3 is 5.21 Å². The maximum Gasteiger partial charge on any atom is 0.0827 e. The zero-order valence-electron chi connectivity index (χ0n) is 8.99. The van der Waals surface area contributed by atoms with Crippen LogP contribution in [-0.4, -0.2) is 10.9 Å². The molecule has 1 fully saturated rings. The summed E-state index contributed by atoms with van der Waals surface area (Å²) in [6.45, 7) is 0. The van der Waals surface area contributed by atoms with Gasteiger partial charge in [0.2, 0.25) is 0 Å². The molecule has 0 aliphatic heterocycles. The van der Waals surface area contributed by atoms with Gasteiger partial charge >= 0.3 is 0 Å². The summed E-state index contributed by atoms with van der Waals surface area (Å²) in [4.78, 5) is 0. The predicted molar refractivity (Wildman–Crippen MR) is 67.1 cm³/mol. The summed E-state index contributed by atoms with van der Waals surface area (Å²) in [5, 5.41) is 13.0. The first-order valence-electron chi connectivity index (χ1n) is 5.47. The van der Waals surface area contributed by atoms with Gasteiger partial charge in [-0.3, -0.25) is 0 Å². The Morgan fingerprint density at radius 2 is 1.81 bits per heavy atom. The molecule has 1 aromatic rings. The first-order valence-corrected chi connectivity index (χ1v) is 5.85. The van der Waals surface area contributed by atoms with Gasteiger partial charge in [-0.25, -0.2) is 0 Å². The Kier molecular flexibility index (Phi) is 3.62. The SMILES string of the molecule is O/N=C1/CCCC/C1=C/c1ccc(Cl)cc1. The largest absolute Gasteiger partial charge is 0.411 e. The molecule has 0 saturated heterocycles. The number of rotatable bonds is 1. The molecular weight excluding hydrogens is 222 g/mol. The number of hydrogen-bond donors (Lipinski definition) is 1. The molecule has 0 amide bonds. The number of benzene rings is 1. The summed E-state index contributed by atoms with van der Waals surface area (Å²) in [6, 6.07) is 7.68. The molecule has 2 rings (SSSR count). The molecule has 3 heteroatoms. The zero-order chi connectivity index (χ0) is 11.4. The third-order valence-corrected chi connectivity index (χ3v) is 3.06. The Morgan fingerprint density at radius 3 is 2.50 bits per heavy atom. The van der Waals surface area contributed by atoms with E-state index < -0.39 is 0 Å². The van der Waals surface area contributed by atoms with E-state index in [1.165, 1.54) is 6.42 Å². The van der Waals surface area contributed by atoms with Gasteiger partial charge in [-0.1, -0.05) is 28.9 Å². The zero-order valence-corrected chi connectivity index (χ0v) is 9.74. The van der Waals surface area contributed by atoms with Crippen molar-refractivity contribution in [1.29, 1.82) is 0 Å². The minimum atomic E-state index is 0.738. The fraction of sp³-hybridized carbons (Fsp3) is 0.308. The lowest BCUT2D eigenvalue weighted by atomic mass is 9.91. The molecule has 0 spiro atoms. The Hall–Kier alpha value is -1.28. The van der Waals surface area contributed by atoms with Crippen molar-refractivity contribution in [1.82, 2.24) is 0 Å². The van der Waals surface area contributed by atoms with Crippen LogP contribution >= 0.6 is 11.6 Å². The lowest BCUT2D eigenvalue weighted by Gasteiger charge is -2.15. The number of allylic oxidation sites excluding steroid dienone is 1. The second-order valence-corrected chi connectivity index (χ2v) is 4.41. The summed E-state index contributed by atoms with van der Waals surface area (Å²) in [5.74, 6) is 0. The van der Waals surface area contributed by atoms with Crippen LogP contribution in [0.4, 0.5) is 0 Å². The molecule has 1 saturated carbocycles. The van der Waals surface area contributed by atoms with Crippen LogP contribution in [0.2, 0.25) is 5.02 Å². The highest BCUT2D eigenvalue weighted by atomic mass is 35.5. The standard InChI is InChI=1S/C13H14ClNO/c14-12-7-5-10(6-8-12)9-11-3-1-2-4-13(11)15-16/h5-9,16H,1-4H2/b11-9-,15-13-. The van der Waals surface area contributed by atoms with Gasteiger partial charge in [-0.2, -0.15) is 0 Å². The van der Waals surface area contributed by atoms with E-state index in [0.29, 0.717) is 0 Å². The number of hydrogen-bond acceptors (Lipinski definition) is 2. The summed E-state index contributed by atoms with van der Waals surface area (Å²) in [7, 11) is 0. The Balaban J connectivity index is 2.25. The molecule has 0 aromatic heterocycles. The van der Waals surface area contributed by atoms with Gasteiger partial charge in [0.25, 0.3) is 0 Å². The van der Waals surface area contributed by atoms with Gasteiger partial charge in [-0.05, 0) is 55.0 Å². The minimum absolute atomic E-state index is 0.738. The normalized spacial score (nSPS) is 21.6. The van der Waals surface area contributed by atoms with Gasteiger partial charge in [0, 0.05) is 5.02 Å². The van der Waals surface area contributed by atoms with Crippen molar-refractivity contribution in [3.8, 4) is 0 Å². The van der Waals surface area contributed by atoms with Crippen molar-refractivity contribution in [2.45, 2.75) is 25.7 Å². The molecule has 2 nitrogen and oxygen atoms in total. The van der Waals surface area contributed by atoms with E-state index in [2.05, 4.69) is 11.2 Å². The minimum Gasteiger partial charge on any atom is -0.411 e. The molecule has 16 heavy (non-hydrogen) atoms. The lowest BCUT2D eigenvalue weighted by molar-refractivity contribution is 0.316. The third-order valence-electron chi connectivity index (χ3n) is 2.81. The molecule has 1 aliphatic rings. The average Bonchev–Trinajstić information content (AvgIpc) is 2.33. The average molecular weight is 236 g/mol. The van der Waals surface area contributed by atoms with E-state index in [0.717, 1.165) is 41.1 Å². The van der Waals surface area contributed by atoms with Crippen molar-refractivity contribution < 1.29 is 5.21 Å². The van der Waals surface area contributed by atoms with Crippen molar-refractivity contribution in [2.75, 3.05) is 0 Å². The van der Waals surface area contributed by atoms with Crippen LogP contribution in [0.5, 0.6) is 0 Å². The molecule has 0 atom stereocenters. The van der Waals surface area contributed by atoms with Gasteiger partial charge in [0.05, 0.1) is 5.71 Å². The fourth-order valence-corrected chi connectivity index (χ4v) is 2.07. The molecule has 0 heterocycles. The van der Waals surface area contributed by atoms with Gasteiger partial charge in [-0.15, -0.1) is 0 Å². The summed E-state index contributed by atoms with van der Waals surface area (Å²) < 4.78 is 0. The molecule has 1 N–H and O–H groups in total. The van der Waals surface area contributed by atoms with Crippen molar-refractivity contribution in [3.05, 3.63) is 40.4 Å². The highest BCUT2D eigenvalue weighted by molar-refractivity contribution is 6.30. The van der Waals surface area contributed by atoms with Crippen molar-refractivity contribution >= 4 is 23.4 Å². The van der Waals surface area contributed by atoms with Crippen LogP contribution in [0.1, 0.15) is 31.2 Å². The van der Waals surface area contributed by atoms with Crippen LogP contribution < -0.4 is 0 Å². The monoisotopic (exact) mass is 235 g/mol. The van der Waals surface area contributed by atoms with E-state index in [9.17, 15) is 0 Å². The Labute approximate surface area is 100 Å². The number of halogens is 1. The summed E-state index contributed by atoms with van der Waals surface area (Å²) >= 11 is 5.83. The van der Waals surface area contributed by atoms with Crippen LogP contribution in [0.3, 0.4) is 0 Å². The molecular formula is C13H14ClNO. The van der Waals surface area contributed by atoms with E-state index in [1.807, 2.05) is 24.3 Å². The topological polar surface area (TPSA) is 32.6 Å². The van der Waals surface area contributed by atoms with E-state index in [1.54, 1.807) is 0 Å². The maximum absolute atomic E-state index is 8.91. The van der Waals surface area contributed by atoms with Crippen LogP contribution in [-0.2, 0) is 0 Å². The Morgan fingerprint density at radius 1 is 1.12 bits per heavy atom. The van der Waals surface area contributed by atoms with Gasteiger partial charge in [0.1, 0.15) is 0 Å². The highest BCUT2D eigenvalue weighted by Gasteiger charge is 2.13. The Bertz CT molecular complexity index is 420. The molecule has 0 unspecified atom stereocenters. The fourth-order valence-electron chi connectivity index (χ4n) is 1.94. The summed E-state index contributed by atoms with van der Waals surface area (Å²) in [5.41, 5.74) is 3.06. The van der Waals surface area contributed by atoms with Crippen molar-refractivity contribution in [2.24, 2.45) is 5.16 Å². The molecule has 1 aromatic carbocycles. The molecule has 84 valence electrons. The van der Waals surface area contributed by atoms with Crippen molar-refractivity contribution in [3.63, 3.8) is 0 Å². The smallest absolute Gasteiger partial charge is 0.0827 e. The highest BCUT2D eigenvalue weighted by Crippen LogP contribution is 2.23. The molecule has 0 bridgehead atoms.